The zero-order valence-electron chi connectivity index (χ0n) is 12.7. The summed E-state index contributed by atoms with van der Waals surface area (Å²) in [6, 6.07) is 9.19. The summed E-state index contributed by atoms with van der Waals surface area (Å²) in [5.41, 5.74) is 2.60. The first-order chi connectivity index (χ1) is 9.61. The van der Waals surface area contributed by atoms with E-state index < -0.39 is 0 Å². The summed E-state index contributed by atoms with van der Waals surface area (Å²) >= 11 is 0. The van der Waals surface area contributed by atoms with E-state index in [-0.39, 0.29) is 5.91 Å². The summed E-state index contributed by atoms with van der Waals surface area (Å²) in [6.07, 6.45) is 2.98. The van der Waals surface area contributed by atoms with Crippen LogP contribution in [-0.4, -0.2) is 45.0 Å². The Kier molecular flexibility index (Phi) is 5.01. The van der Waals surface area contributed by atoms with Gasteiger partial charge < -0.3 is 10.2 Å². The summed E-state index contributed by atoms with van der Waals surface area (Å²) in [5.74, 6) is 0.123. The molecule has 1 aromatic carbocycles. The van der Waals surface area contributed by atoms with Crippen LogP contribution in [0.3, 0.4) is 0 Å². The molecule has 20 heavy (non-hydrogen) atoms. The SMILES string of the molecule is CNC(=O)CCN1CCCC1c1cccc(N(C)C)c1. The average Bonchev–Trinajstić information content (AvgIpc) is 2.93. The van der Waals surface area contributed by atoms with Crippen LogP contribution in [0.4, 0.5) is 5.69 Å². The predicted molar refractivity (Wildman–Crippen MR) is 83.0 cm³/mol. The summed E-state index contributed by atoms with van der Waals surface area (Å²) < 4.78 is 0. The number of hydrogen-bond acceptors (Lipinski definition) is 3. The van der Waals surface area contributed by atoms with Gasteiger partial charge in [-0.3, -0.25) is 9.69 Å². The average molecular weight is 275 g/mol. The molecule has 1 saturated heterocycles. The molecule has 0 spiro atoms. The summed E-state index contributed by atoms with van der Waals surface area (Å²) in [7, 11) is 5.83. The molecule has 1 amide bonds. The van der Waals surface area contributed by atoms with Crippen molar-refractivity contribution in [2.45, 2.75) is 25.3 Å². The van der Waals surface area contributed by atoms with Gasteiger partial charge in [-0.15, -0.1) is 0 Å². The van der Waals surface area contributed by atoms with Gasteiger partial charge in [-0.05, 0) is 37.1 Å². The van der Waals surface area contributed by atoms with Crippen molar-refractivity contribution in [3.05, 3.63) is 29.8 Å². The molecule has 0 aromatic heterocycles. The van der Waals surface area contributed by atoms with Crippen molar-refractivity contribution >= 4 is 11.6 Å². The van der Waals surface area contributed by atoms with Crippen LogP contribution in [0.15, 0.2) is 24.3 Å². The van der Waals surface area contributed by atoms with Gasteiger partial charge in [0.2, 0.25) is 5.91 Å². The van der Waals surface area contributed by atoms with E-state index in [4.69, 9.17) is 0 Å². The highest BCUT2D eigenvalue weighted by Crippen LogP contribution is 2.33. The van der Waals surface area contributed by atoms with Gasteiger partial charge in [-0.2, -0.15) is 0 Å². The van der Waals surface area contributed by atoms with E-state index in [2.05, 4.69) is 53.5 Å². The molecule has 1 aliphatic rings. The molecule has 110 valence electrons. The third-order valence-corrected chi connectivity index (χ3v) is 4.04. The number of carbonyl (C=O) groups excluding carboxylic acids is 1. The molecule has 2 rings (SSSR count). The molecular formula is C16H25N3O. The Morgan fingerprint density at radius 3 is 2.95 bits per heavy atom. The number of carbonyl (C=O) groups is 1. The summed E-state index contributed by atoms with van der Waals surface area (Å²) in [4.78, 5) is 16.0. The van der Waals surface area contributed by atoms with Gasteiger partial charge in [0.15, 0.2) is 0 Å². The zero-order chi connectivity index (χ0) is 14.5. The Morgan fingerprint density at radius 1 is 1.45 bits per heavy atom. The van der Waals surface area contributed by atoms with E-state index in [1.165, 1.54) is 24.1 Å². The van der Waals surface area contributed by atoms with E-state index in [1.54, 1.807) is 7.05 Å². The molecular weight excluding hydrogens is 250 g/mol. The van der Waals surface area contributed by atoms with Crippen molar-refractivity contribution in [2.24, 2.45) is 0 Å². The molecule has 1 heterocycles. The topological polar surface area (TPSA) is 35.6 Å². The number of anilines is 1. The van der Waals surface area contributed by atoms with E-state index >= 15 is 0 Å². The number of nitrogens with one attached hydrogen (secondary N) is 1. The molecule has 0 bridgehead atoms. The lowest BCUT2D eigenvalue weighted by Gasteiger charge is -2.25. The van der Waals surface area contributed by atoms with Crippen LogP contribution in [0.5, 0.6) is 0 Å². The molecule has 4 heteroatoms. The Balaban J connectivity index is 2.06. The quantitative estimate of drug-likeness (QED) is 0.893. The standard InChI is InChI=1S/C16H25N3O/c1-17-16(20)9-11-19-10-5-8-15(19)13-6-4-7-14(12-13)18(2)3/h4,6-7,12,15H,5,8-11H2,1-3H3,(H,17,20). The van der Waals surface area contributed by atoms with Crippen LogP contribution in [0.2, 0.25) is 0 Å². The fraction of sp³-hybridized carbons (Fsp3) is 0.562. The monoisotopic (exact) mass is 275 g/mol. The Morgan fingerprint density at radius 2 is 2.25 bits per heavy atom. The lowest BCUT2D eigenvalue weighted by atomic mass is 10.0. The highest BCUT2D eigenvalue weighted by molar-refractivity contribution is 5.75. The Bertz CT molecular complexity index is 459. The van der Waals surface area contributed by atoms with Crippen molar-refractivity contribution in [3.8, 4) is 0 Å². The number of rotatable bonds is 5. The van der Waals surface area contributed by atoms with Crippen LogP contribution >= 0.6 is 0 Å². The van der Waals surface area contributed by atoms with Gasteiger partial charge in [0, 0.05) is 45.8 Å². The van der Waals surface area contributed by atoms with Crippen LogP contribution in [-0.2, 0) is 4.79 Å². The minimum Gasteiger partial charge on any atom is -0.378 e. The van der Waals surface area contributed by atoms with Gasteiger partial charge in [-0.25, -0.2) is 0 Å². The Labute approximate surface area is 121 Å². The maximum atomic E-state index is 11.4. The molecule has 1 fully saturated rings. The fourth-order valence-electron chi connectivity index (χ4n) is 2.85. The first-order valence-corrected chi connectivity index (χ1v) is 7.33. The van der Waals surface area contributed by atoms with Crippen LogP contribution in [0.25, 0.3) is 0 Å². The summed E-state index contributed by atoms with van der Waals surface area (Å²) in [6.45, 7) is 1.93. The third-order valence-electron chi connectivity index (χ3n) is 4.04. The number of benzene rings is 1. The van der Waals surface area contributed by atoms with Crippen LogP contribution in [0, 0.1) is 0 Å². The van der Waals surface area contributed by atoms with Crippen molar-refractivity contribution in [1.29, 1.82) is 0 Å². The lowest BCUT2D eigenvalue weighted by molar-refractivity contribution is -0.121. The van der Waals surface area contributed by atoms with E-state index in [1.807, 2.05) is 0 Å². The Hall–Kier alpha value is -1.55. The molecule has 1 unspecified atom stereocenters. The number of hydrogen-bond donors (Lipinski definition) is 1. The number of amides is 1. The van der Waals surface area contributed by atoms with Crippen molar-refractivity contribution in [3.63, 3.8) is 0 Å². The van der Waals surface area contributed by atoms with Gasteiger partial charge >= 0.3 is 0 Å². The fourth-order valence-corrected chi connectivity index (χ4v) is 2.85. The predicted octanol–water partition coefficient (Wildman–Crippen LogP) is 2.03. The van der Waals surface area contributed by atoms with Crippen molar-refractivity contribution in [1.82, 2.24) is 10.2 Å². The van der Waals surface area contributed by atoms with E-state index in [9.17, 15) is 4.79 Å². The van der Waals surface area contributed by atoms with Crippen LogP contribution in [0.1, 0.15) is 30.9 Å². The molecule has 1 aliphatic heterocycles. The minimum atomic E-state index is 0.123. The highest BCUT2D eigenvalue weighted by Gasteiger charge is 2.26. The second-order valence-electron chi connectivity index (χ2n) is 5.61. The summed E-state index contributed by atoms with van der Waals surface area (Å²) in [5, 5.41) is 2.70. The van der Waals surface area contributed by atoms with E-state index in [0.29, 0.717) is 12.5 Å². The molecule has 0 radical (unpaired) electrons. The molecule has 0 aliphatic carbocycles. The second-order valence-corrected chi connectivity index (χ2v) is 5.61. The maximum absolute atomic E-state index is 11.4. The smallest absolute Gasteiger partial charge is 0.221 e. The number of nitrogens with zero attached hydrogens (tertiary/aromatic N) is 2. The second kappa shape index (κ2) is 6.75. The largest absolute Gasteiger partial charge is 0.378 e. The van der Waals surface area contributed by atoms with Crippen LogP contribution < -0.4 is 10.2 Å². The molecule has 4 nitrogen and oxygen atoms in total. The zero-order valence-corrected chi connectivity index (χ0v) is 12.7. The first-order valence-electron chi connectivity index (χ1n) is 7.33. The van der Waals surface area contributed by atoms with E-state index in [0.717, 1.165) is 13.1 Å². The molecule has 1 aromatic rings. The van der Waals surface area contributed by atoms with Gasteiger partial charge in [0.1, 0.15) is 0 Å². The maximum Gasteiger partial charge on any atom is 0.221 e. The molecule has 1 N–H and O–H groups in total. The van der Waals surface area contributed by atoms with Crippen molar-refractivity contribution < 1.29 is 4.79 Å². The lowest BCUT2D eigenvalue weighted by Crippen LogP contribution is -2.29. The molecule has 0 saturated carbocycles. The van der Waals surface area contributed by atoms with Gasteiger partial charge in [0.25, 0.3) is 0 Å². The normalized spacial score (nSPS) is 19.1. The van der Waals surface area contributed by atoms with Crippen molar-refractivity contribution in [2.75, 3.05) is 39.1 Å². The third kappa shape index (κ3) is 3.51. The van der Waals surface area contributed by atoms with Gasteiger partial charge in [0.05, 0.1) is 0 Å². The molecule has 1 atom stereocenters. The first kappa shape index (κ1) is 14.9. The van der Waals surface area contributed by atoms with Gasteiger partial charge in [-0.1, -0.05) is 12.1 Å². The highest BCUT2D eigenvalue weighted by atomic mass is 16.1. The number of likely N-dealkylation sites (tertiary alicyclic amines) is 1. The minimum absolute atomic E-state index is 0.123.